The zero-order valence-corrected chi connectivity index (χ0v) is 5.60. The van der Waals surface area contributed by atoms with Gasteiger partial charge in [-0.2, -0.15) is 0 Å². The van der Waals surface area contributed by atoms with Gasteiger partial charge in [0.2, 0.25) is 0 Å². The SMILES string of the molecule is [N-]=[N+]=[N][Co]([NH2])([NH2])([NH2])([NH2])[NH2]. The van der Waals surface area contributed by atoms with Gasteiger partial charge in [-0.25, -0.2) is 0 Å². The van der Waals surface area contributed by atoms with Crippen molar-refractivity contribution >= 4 is 0 Å². The maximum absolute atomic E-state index is 7.82. The Morgan fingerprint density at radius 2 is 1.44 bits per heavy atom. The third-order valence-corrected chi connectivity index (χ3v) is 0.916. The summed E-state index contributed by atoms with van der Waals surface area (Å²) in [6.07, 6.45) is 0. The van der Waals surface area contributed by atoms with E-state index in [-0.39, 0.29) is 0 Å². The topological polar surface area (TPSA) is 179 Å². The minimum absolute atomic E-state index is 2.21. The van der Waals surface area contributed by atoms with Gasteiger partial charge in [-0.1, -0.05) is 0 Å². The molecule has 0 bridgehead atoms. The average molecular weight is 181 g/mol. The second-order valence-electron chi connectivity index (χ2n) is 1.70. The Labute approximate surface area is 51.1 Å². The van der Waals surface area contributed by atoms with Crippen molar-refractivity contribution in [1.29, 1.82) is 0 Å². The molecule has 0 aliphatic heterocycles. The van der Waals surface area contributed by atoms with Crippen molar-refractivity contribution in [3.05, 3.63) is 10.4 Å². The van der Waals surface area contributed by atoms with Crippen LogP contribution >= 0.6 is 0 Å². The van der Waals surface area contributed by atoms with Gasteiger partial charge >= 0.3 is 50.3 Å². The first-order valence-corrected chi connectivity index (χ1v) is 4.98. The molecular formula is H10CoN8. The van der Waals surface area contributed by atoms with Gasteiger partial charge in [0, 0.05) is 0 Å². The second kappa shape index (κ2) is 1.21. The Morgan fingerprint density at radius 3 is 1.44 bits per heavy atom. The molecule has 0 aliphatic carbocycles. The molecule has 9 heteroatoms. The van der Waals surface area contributed by atoms with Crippen molar-refractivity contribution in [2.24, 2.45) is 28.1 Å². The summed E-state index contributed by atoms with van der Waals surface area (Å²) in [7, 11) is 0. The van der Waals surface area contributed by atoms with E-state index < -0.39 is 11.8 Å². The molecule has 8 nitrogen and oxygen atoms in total. The Morgan fingerprint density at radius 1 is 1.11 bits per heavy atom. The normalized spacial score (nSPS) is 19.2. The van der Waals surface area contributed by atoms with Crippen molar-refractivity contribution in [3.63, 3.8) is 0 Å². The molecule has 0 unspecified atom stereocenters. The molecule has 0 aromatic rings. The van der Waals surface area contributed by atoms with Crippen LogP contribution in [0.4, 0.5) is 0 Å². The molecule has 59 valence electrons. The molecule has 0 atom stereocenters. The molecule has 0 spiro atoms. The van der Waals surface area contributed by atoms with Crippen molar-refractivity contribution in [2.75, 3.05) is 0 Å². The third kappa shape index (κ3) is 7.62. The van der Waals surface area contributed by atoms with Gasteiger partial charge < -0.3 is 0 Å². The van der Waals surface area contributed by atoms with Gasteiger partial charge in [0.25, 0.3) is 0 Å². The van der Waals surface area contributed by atoms with Crippen molar-refractivity contribution in [1.82, 2.24) is 0 Å². The number of azide groups is 1. The van der Waals surface area contributed by atoms with Gasteiger partial charge in [-0.3, -0.25) is 0 Å². The predicted octanol–water partition coefficient (Wildman–Crippen LogP) is -2.19. The Hall–Kier alpha value is -0.384. The molecule has 9 heavy (non-hydrogen) atoms. The maximum atomic E-state index is 7.82. The average Bonchev–Trinajstić information content (AvgIpc) is 1.22. The van der Waals surface area contributed by atoms with Crippen LogP contribution in [0.25, 0.3) is 10.4 Å². The van der Waals surface area contributed by atoms with Gasteiger partial charge in [-0.05, 0) is 0 Å². The number of nitrogens with zero attached hydrogens (tertiary/aromatic N) is 3. The van der Waals surface area contributed by atoms with Crippen LogP contribution in [0.2, 0.25) is 0 Å². The van der Waals surface area contributed by atoms with Crippen LogP contribution in [0, 0.1) is 0 Å². The van der Waals surface area contributed by atoms with E-state index in [1.165, 1.54) is 0 Å². The van der Waals surface area contributed by atoms with Crippen molar-refractivity contribution in [2.45, 2.75) is 0 Å². The summed E-state index contributed by atoms with van der Waals surface area (Å²) in [5, 5.41) is 0. The van der Waals surface area contributed by atoms with E-state index in [4.69, 9.17) is 29.4 Å². The molecule has 10 N–H and O–H groups in total. The van der Waals surface area contributed by atoms with E-state index in [9.17, 15) is 0 Å². The number of rotatable bonds is 1. The Bertz CT molecular complexity index is 158. The minimum atomic E-state index is -5.01. The molecule has 0 heterocycles. The molecule has 0 saturated heterocycles. The summed E-state index contributed by atoms with van der Waals surface area (Å²) < 4.78 is 2.73. The van der Waals surface area contributed by atoms with E-state index in [1.807, 2.05) is 0 Å². The molecule has 0 radical (unpaired) electrons. The summed E-state index contributed by atoms with van der Waals surface area (Å²) in [6, 6.07) is 0. The Balaban J connectivity index is 4.99. The summed E-state index contributed by atoms with van der Waals surface area (Å²) in [5.41, 5.74) is 7.82. The predicted molar refractivity (Wildman–Crippen MR) is 30.1 cm³/mol. The fraction of sp³-hybridized carbons (Fsp3) is 0. The van der Waals surface area contributed by atoms with Crippen LogP contribution in [0.5, 0.6) is 0 Å². The van der Waals surface area contributed by atoms with Gasteiger partial charge in [0.1, 0.15) is 0 Å². The van der Waals surface area contributed by atoms with E-state index in [2.05, 4.69) is 9.07 Å². The zero-order valence-electron chi connectivity index (χ0n) is 4.56. The van der Waals surface area contributed by atoms with Crippen LogP contribution in [0.1, 0.15) is 0 Å². The number of hydrogen-bond acceptors (Lipinski definition) is 6. The summed E-state index contributed by atoms with van der Waals surface area (Å²) in [6.45, 7) is 0. The molecule has 0 amide bonds. The van der Waals surface area contributed by atoms with E-state index in [0.29, 0.717) is 0 Å². The van der Waals surface area contributed by atoms with Gasteiger partial charge in [0.15, 0.2) is 0 Å². The fourth-order valence-corrected chi connectivity index (χ4v) is 0.355. The van der Waals surface area contributed by atoms with Crippen molar-refractivity contribution < 1.29 is 11.8 Å². The molecular weight excluding hydrogens is 171 g/mol. The standard InChI is InChI=1S/Co.N3.5H2N/c;1-3-2;;;;;/h;;5*1H2/q+6;6*-1. The van der Waals surface area contributed by atoms with Gasteiger partial charge in [-0.15, -0.1) is 0 Å². The first-order chi connectivity index (χ1) is 3.54. The fourth-order valence-electron chi connectivity index (χ4n) is 0.0861. The van der Waals surface area contributed by atoms with Crippen LogP contribution in [0.3, 0.4) is 0 Å². The number of hydrogen-bond donors (Lipinski definition) is 5. The Kier molecular flexibility index (Phi) is 1.16. The summed E-state index contributed by atoms with van der Waals surface area (Å²) in [4.78, 5) is 27.0. The molecule has 0 aliphatic rings. The second-order valence-corrected chi connectivity index (χ2v) is 6.72. The first kappa shape index (κ1) is 8.62. The summed E-state index contributed by atoms with van der Waals surface area (Å²) in [5.74, 6) is 0. The van der Waals surface area contributed by atoms with Crippen molar-refractivity contribution in [3.8, 4) is 0 Å². The van der Waals surface area contributed by atoms with E-state index in [0.717, 1.165) is 0 Å². The quantitative estimate of drug-likeness (QED) is 0.174. The van der Waals surface area contributed by atoms with E-state index >= 15 is 0 Å². The first-order valence-electron chi connectivity index (χ1n) is 1.51. The van der Waals surface area contributed by atoms with Crippen LogP contribution in [-0.2, 0) is 11.8 Å². The van der Waals surface area contributed by atoms with Gasteiger partial charge in [0.05, 0.1) is 0 Å². The monoisotopic (exact) mass is 181 g/mol. The van der Waals surface area contributed by atoms with Crippen LogP contribution < -0.4 is 23.9 Å². The van der Waals surface area contributed by atoms with Crippen LogP contribution in [0.15, 0.2) is 4.16 Å². The third-order valence-electron chi connectivity index (χ3n) is 0.222. The molecule has 0 saturated carbocycles. The number of nitrogens with two attached hydrogens (primary N) is 5. The molecule has 0 rings (SSSR count). The van der Waals surface area contributed by atoms with Crippen LogP contribution in [-0.4, -0.2) is 0 Å². The molecule has 0 fully saturated rings. The molecule has 0 aromatic heterocycles. The summed E-state index contributed by atoms with van der Waals surface area (Å²) >= 11 is -5.01. The zero-order chi connectivity index (χ0) is 7.82. The van der Waals surface area contributed by atoms with E-state index in [1.54, 1.807) is 0 Å². The molecule has 0 aromatic carbocycles.